The van der Waals surface area contributed by atoms with Crippen LogP contribution in [0.4, 0.5) is 5.69 Å². The molecule has 152 valence electrons. The average Bonchev–Trinajstić information content (AvgIpc) is 3.16. The van der Waals surface area contributed by atoms with E-state index < -0.39 is 0 Å². The first kappa shape index (κ1) is 19.6. The molecule has 4 aromatic rings. The average molecular weight is 400 g/mol. The Balaban J connectivity index is 1.47. The van der Waals surface area contributed by atoms with Gasteiger partial charge in [-0.1, -0.05) is 36.8 Å². The summed E-state index contributed by atoms with van der Waals surface area (Å²) in [6, 6.07) is 19.5. The molecule has 0 unspecified atom stereocenters. The highest BCUT2D eigenvalue weighted by molar-refractivity contribution is 5.95. The minimum absolute atomic E-state index is 0.0565. The third-order valence-electron chi connectivity index (χ3n) is 4.97. The Morgan fingerprint density at radius 2 is 1.63 bits per heavy atom. The number of ether oxygens (including phenoxy) is 1. The van der Waals surface area contributed by atoms with Gasteiger partial charge in [0.1, 0.15) is 16.8 Å². The second-order valence-electron chi connectivity index (χ2n) is 7.32. The van der Waals surface area contributed by atoms with Crippen LogP contribution in [0.15, 0.2) is 60.7 Å². The summed E-state index contributed by atoms with van der Waals surface area (Å²) in [6.07, 6.45) is 0.969. The lowest BCUT2D eigenvalue weighted by Crippen LogP contribution is -2.20. The number of benzene rings is 3. The van der Waals surface area contributed by atoms with Crippen molar-refractivity contribution in [2.45, 2.75) is 27.2 Å². The van der Waals surface area contributed by atoms with Crippen molar-refractivity contribution in [2.24, 2.45) is 0 Å². The van der Waals surface area contributed by atoms with Gasteiger partial charge in [-0.05, 0) is 67.8 Å². The van der Waals surface area contributed by atoms with E-state index in [2.05, 4.69) is 22.4 Å². The molecule has 1 N–H and O–H groups in total. The molecule has 0 fully saturated rings. The maximum atomic E-state index is 12.4. The zero-order valence-electron chi connectivity index (χ0n) is 17.3. The van der Waals surface area contributed by atoms with Gasteiger partial charge in [-0.15, -0.1) is 10.2 Å². The van der Waals surface area contributed by atoms with Crippen LogP contribution in [0.2, 0.25) is 0 Å². The fourth-order valence-corrected chi connectivity index (χ4v) is 3.15. The fraction of sp³-hybridized carbons (Fsp3) is 0.208. The van der Waals surface area contributed by atoms with Crippen LogP contribution in [0.5, 0.6) is 5.75 Å². The van der Waals surface area contributed by atoms with Crippen molar-refractivity contribution in [1.82, 2.24) is 15.0 Å². The normalized spacial score (nSPS) is 10.9. The van der Waals surface area contributed by atoms with E-state index in [1.165, 1.54) is 11.1 Å². The summed E-state index contributed by atoms with van der Waals surface area (Å²) < 4.78 is 5.59. The van der Waals surface area contributed by atoms with Crippen LogP contribution in [-0.4, -0.2) is 27.5 Å². The molecule has 1 amide bonds. The minimum atomic E-state index is -0.219. The molecule has 6 heteroatoms. The third-order valence-corrected chi connectivity index (χ3v) is 4.97. The Hall–Kier alpha value is -3.67. The number of rotatable bonds is 6. The highest BCUT2D eigenvalue weighted by Crippen LogP contribution is 2.22. The van der Waals surface area contributed by atoms with Crippen molar-refractivity contribution in [3.05, 3.63) is 77.4 Å². The Labute approximate surface area is 175 Å². The number of carbonyl (C=O) groups excluding carboxylic acids is 1. The Bertz CT molecular complexity index is 1180. The number of hydrogen-bond donors (Lipinski definition) is 1. The number of nitrogens with zero attached hydrogens (tertiary/aromatic N) is 3. The Morgan fingerprint density at radius 1 is 0.967 bits per heavy atom. The van der Waals surface area contributed by atoms with Crippen LogP contribution >= 0.6 is 0 Å². The molecule has 0 bridgehead atoms. The molecule has 1 aromatic heterocycles. The number of aromatic nitrogens is 3. The van der Waals surface area contributed by atoms with Crippen LogP contribution in [0.3, 0.4) is 0 Å². The molecule has 4 rings (SSSR count). The van der Waals surface area contributed by atoms with Gasteiger partial charge in [0, 0.05) is 5.69 Å². The summed E-state index contributed by atoms with van der Waals surface area (Å²) in [4.78, 5) is 14.0. The second-order valence-corrected chi connectivity index (χ2v) is 7.32. The number of hydrogen-bond acceptors (Lipinski definition) is 4. The van der Waals surface area contributed by atoms with Crippen molar-refractivity contribution in [1.29, 1.82) is 0 Å². The van der Waals surface area contributed by atoms with Crippen LogP contribution in [0, 0.1) is 13.8 Å². The summed E-state index contributed by atoms with van der Waals surface area (Å²) in [6.45, 7) is 6.02. The van der Waals surface area contributed by atoms with Gasteiger partial charge >= 0.3 is 0 Å². The molecule has 0 saturated carbocycles. The van der Waals surface area contributed by atoms with E-state index in [0.29, 0.717) is 17.0 Å². The zero-order chi connectivity index (χ0) is 21.1. The monoisotopic (exact) mass is 400 g/mol. The number of amides is 1. The number of nitrogens with one attached hydrogen (secondary N) is 1. The van der Waals surface area contributed by atoms with Crippen molar-refractivity contribution in [3.63, 3.8) is 0 Å². The Kier molecular flexibility index (Phi) is 5.48. The quantitative estimate of drug-likeness (QED) is 0.513. The van der Waals surface area contributed by atoms with Gasteiger partial charge < -0.3 is 10.1 Å². The van der Waals surface area contributed by atoms with Crippen LogP contribution < -0.4 is 10.1 Å². The lowest BCUT2D eigenvalue weighted by atomic mass is 10.1. The lowest BCUT2D eigenvalue weighted by Gasteiger charge is -2.10. The summed E-state index contributed by atoms with van der Waals surface area (Å²) >= 11 is 0. The molecule has 30 heavy (non-hydrogen) atoms. The predicted molar refractivity (Wildman–Crippen MR) is 118 cm³/mol. The zero-order valence-corrected chi connectivity index (χ0v) is 17.3. The van der Waals surface area contributed by atoms with E-state index >= 15 is 0 Å². The molecule has 0 aliphatic rings. The van der Waals surface area contributed by atoms with Crippen molar-refractivity contribution in [2.75, 3.05) is 11.9 Å². The summed E-state index contributed by atoms with van der Waals surface area (Å²) in [5.41, 5.74) is 6.41. The van der Waals surface area contributed by atoms with Crippen molar-refractivity contribution < 1.29 is 9.53 Å². The van der Waals surface area contributed by atoms with Crippen molar-refractivity contribution >= 4 is 22.6 Å². The third kappa shape index (κ3) is 4.33. The van der Waals surface area contributed by atoms with Gasteiger partial charge in [-0.25, -0.2) is 0 Å². The molecule has 0 aliphatic heterocycles. The fourth-order valence-electron chi connectivity index (χ4n) is 3.15. The second kappa shape index (κ2) is 8.37. The smallest absolute Gasteiger partial charge is 0.262 e. The van der Waals surface area contributed by atoms with Crippen LogP contribution in [0.1, 0.15) is 23.6 Å². The van der Waals surface area contributed by atoms with Gasteiger partial charge in [-0.3, -0.25) is 4.79 Å². The van der Waals surface area contributed by atoms with Crippen molar-refractivity contribution in [3.8, 4) is 11.4 Å². The molecular formula is C24H24N4O2. The van der Waals surface area contributed by atoms with Crippen LogP contribution in [-0.2, 0) is 11.2 Å². The Morgan fingerprint density at radius 3 is 2.30 bits per heavy atom. The van der Waals surface area contributed by atoms with E-state index in [1.54, 1.807) is 4.80 Å². The number of anilines is 1. The molecule has 0 atom stereocenters. The first-order valence-electron chi connectivity index (χ1n) is 9.98. The molecule has 3 aromatic carbocycles. The van der Waals surface area contributed by atoms with E-state index in [9.17, 15) is 4.79 Å². The first-order valence-corrected chi connectivity index (χ1v) is 9.98. The summed E-state index contributed by atoms with van der Waals surface area (Å²) in [5.74, 6) is 0.457. The van der Waals surface area contributed by atoms with Gasteiger partial charge in [0.2, 0.25) is 0 Å². The van der Waals surface area contributed by atoms with Gasteiger partial charge in [-0.2, -0.15) is 4.80 Å². The number of aryl methyl sites for hydroxylation is 3. The van der Waals surface area contributed by atoms with Crippen LogP contribution in [0.25, 0.3) is 16.7 Å². The molecule has 0 radical (unpaired) electrons. The van der Waals surface area contributed by atoms with E-state index in [4.69, 9.17) is 4.74 Å². The maximum absolute atomic E-state index is 12.4. The summed E-state index contributed by atoms with van der Waals surface area (Å²) in [5, 5.41) is 12.0. The molecule has 6 nitrogen and oxygen atoms in total. The van der Waals surface area contributed by atoms with E-state index in [1.807, 2.05) is 74.5 Å². The number of carbonyl (C=O) groups is 1. The standard InChI is InChI=1S/C24H24N4O2/c1-4-18-7-11-20(12-8-18)30-15-24(29)25-21-14-23-22(13-17(21)3)26-28(27-23)19-9-5-16(2)6-10-19/h5-14H,4,15H2,1-3H3,(H,25,29). The largest absolute Gasteiger partial charge is 0.484 e. The molecule has 0 saturated heterocycles. The lowest BCUT2D eigenvalue weighted by molar-refractivity contribution is -0.118. The number of fused-ring (bicyclic) bond motifs is 1. The van der Waals surface area contributed by atoms with Gasteiger partial charge in [0.15, 0.2) is 6.61 Å². The predicted octanol–water partition coefficient (Wildman–Crippen LogP) is 4.62. The van der Waals surface area contributed by atoms with Gasteiger partial charge in [0.05, 0.1) is 5.69 Å². The van der Waals surface area contributed by atoms with Gasteiger partial charge in [0.25, 0.3) is 5.91 Å². The van der Waals surface area contributed by atoms with E-state index in [-0.39, 0.29) is 12.5 Å². The van der Waals surface area contributed by atoms with E-state index in [0.717, 1.165) is 23.2 Å². The SMILES string of the molecule is CCc1ccc(OCC(=O)Nc2cc3nn(-c4ccc(C)cc4)nc3cc2C)cc1. The topological polar surface area (TPSA) is 69.0 Å². The highest BCUT2D eigenvalue weighted by Gasteiger charge is 2.11. The minimum Gasteiger partial charge on any atom is -0.484 e. The molecule has 0 aliphatic carbocycles. The molecule has 0 spiro atoms. The first-order chi connectivity index (χ1) is 14.5. The highest BCUT2D eigenvalue weighted by atomic mass is 16.5. The molecule has 1 heterocycles. The maximum Gasteiger partial charge on any atom is 0.262 e. The molecular weight excluding hydrogens is 376 g/mol. The summed E-state index contributed by atoms with van der Waals surface area (Å²) in [7, 11) is 0.